The van der Waals surface area contributed by atoms with Crippen molar-refractivity contribution in [2.45, 2.75) is 26.2 Å². The fourth-order valence-electron chi connectivity index (χ4n) is 1.85. The molecule has 0 unspecified atom stereocenters. The summed E-state index contributed by atoms with van der Waals surface area (Å²) >= 11 is 0. The Balaban J connectivity index is 1.97. The van der Waals surface area contributed by atoms with Crippen molar-refractivity contribution in [3.63, 3.8) is 0 Å². The Morgan fingerprint density at radius 3 is 2.72 bits per heavy atom. The van der Waals surface area contributed by atoms with Gasteiger partial charge in [-0.05, 0) is 6.42 Å². The van der Waals surface area contributed by atoms with Gasteiger partial charge in [0.25, 0.3) is 0 Å². The van der Waals surface area contributed by atoms with Gasteiger partial charge in [0.1, 0.15) is 5.84 Å². The quantitative estimate of drug-likeness (QED) is 0.862. The number of nitrogens with zero attached hydrogens (tertiary/aromatic N) is 1. The Kier molecular flexibility index (Phi) is 4.29. The first-order valence-electron chi connectivity index (χ1n) is 6.40. The molecule has 2 rings (SSSR count). The molecule has 1 heterocycles. The third kappa shape index (κ3) is 3.06. The van der Waals surface area contributed by atoms with Crippen molar-refractivity contribution in [3.8, 4) is 0 Å². The van der Waals surface area contributed by atoms with Crippen LogP contribution in [0.4, 0.5) is 0 Å². The van der Waals surface area contributed by atoms with Gasteiger partial charge in [0.05, 0.1) is 6.54 Å². The summed E-state index contributed by atoms with van der Waals surface area (Å²) in [5, 5.41) is 3.11. The number of carbonyl (C=O) groups is 1. The van der Waals surface area contributed by atoms with Gasteiger partial charge >= 0.3 is 0 Å². The second-order valence-electron chi connectivity index (χ2n) is 4.37. The molecular formula is C15H18N2O. The molecule has 3 nitrogen and oxygen atoms in total. The average molecular weight is 242 g/mol. The van der Waals surface area contributed by atoms with Crippen molar-refractivity contribution >= 4 is 11.6 Å². The fraction of sp³-hybridized carbons (Fsp3) is 0.333. The number of unbranched alkanes of at least 4 members (excludes halogenated alkanes) is 1. The summed E-state index contributed by atoms with van der Waals surface area (Å²) < 4.78 is 0. The molecule has 0 bridgehead atoms. The summed E-state index contributed by atoms with van der Waals surface area (Å²) in [6.07, 6.45) is 4.42. The molecular weight excluding hydrogens is 224 g/mol. The van der Waals surface area contributed by atoms with E-state index in [1.54, 1.807) is 6.20 Å². The lowest BCUT2D eigenvalue weighted by molar-refractivity contribution is -0.115. The topological polar surface area (TPSA) is 41.5 Å². The van der Waals surface area contributed by atoms with Crippen LogP contribution in [0.25, 0.3) is 0 Å². The van der Waals surface area contributed by atoms with Crippen LogP contribution < -0.4 is 5.32 Å². The average Bonchev–Trinajstić information content (AvgIpc) is 2.46. The van der Waals surface area contributed by atoms with Crippen molar-refractivity contribution in [1.82, 2.24) is 5.32 Å². The normalized spacial score (nSPS) is 14.5. The molecule has 1 aromatic carbocycles. The number of hydrogen-bond donors (Lipinski definition) is 1. The van der Waals surface area contributed by atoms with Crippen molar-refractivity contribution < 1.29 is 4.79 Å². The second kappa shape index (κ2) is 6.15. The van der Waals surface area contributed by atoms with E-state index in [-0.39, 0.29) is 5.78 Å². The van der Waals surface area contributed by atoms with Crippen molar-refractivity contribution in [3.05, 3.63) is 47.7 Å². The Hall–Kier alpha value is -1.90. The van der Waals surface area contributed by atoms with E-state index in [4.69, 9.17) is 0 Å². The van der Waals surface area contributed by atoms with Crippen molar-refractivity contribution in [1.29, 1.82) is 0 Å². The Labute approximate surface area is 108 Å². The maximum absolute atomic E-state index is 11.8. The molecule has 0 spiro atoms. The van der Waals surface area contributed by atoms with Gasteiger partial charge < -0.3 is 5.32 Å². The van der Waals surface area contributed by atoms with Crippen molar-refractivity contribution in [2.75, 3.05) is 6.54 Å². The minimum Gasteiger partial charge on any atom is -0.346 e. The number of benzene rings is 1. The van der Waals surface area contributed by atoms with Gasteiger partial charge in [-0.2, -0.15) is 0 Å². The smallest absolute Gasteiger partial charge is 0.162 e. The van der Waals surface area contributed by atoms with E-state index < -0.39 is 0 Å². The predicted molar refractivity (Wildman–Crippen MR) is 73.6 cm³/mol. The van der Waals surface area contributed by atoms with Crippen LogP contribution in [0, 0.1) is 0 Å². The molecule has 18 heavy (non-hydrogen) atoms. The first kappa shape index (κ1) is 12.6. The summed E-state index contributed by atoms with van der Waals surface area (Å²) in [4.78, 5) is 16.2. The molecule has 0 fully saturated rings. The van der Waals surface area contributed by atoms with Gasteiger partial charge in [-0.25, -0.2) is 0 Å². The summed E-state index contributed by atoms with van der Waals surface area (Å²) in [5.41, 5.74) is 1.83. The summed E-state index contributed by atoms with van der Waals surface area (Å²) in [6, 6.07) is 9.94. The molecule has 1 aromatic rings. The van der Waals surface area contributed by atoms with Gasteiger partial charge in [0, 0.05) is 23.8 Å². The van der Waals surface area contributed by atoms with E-state index in [1.165, 1.54) is 0 Å². The van der Waals surface area contributed by atoms with Gasteiger partial charge in [0.2, 0.25) is 0 Å². The van der Waals surface area contributed by atoms with Gasteiger partial charge in [-0.15, -0.1) is 0 Å². The number of aliphatic imine (C=N–C) groups is 1. The number of carbonyl (C=O) groups excluding carboxylic acids is 1. The monoisotopic (exact) mass is 242 g/mol. The van der Waals surface area contributed by atoms with Crippen LogP contribution >= 0.6 is 0 Å². The zero-order valence-corrected chi connectivity index (χ0v) is 10.6. The Morgan fingerprint density at radius 1 is 1.33 bits per heavy atom. The standard InChI is InChI=1S/C15H18N2O/c1-2-3-9-14(18)13-10-16-15(17-11-13)12-7-5-4-6-8-12/h4-8,10H,2-3,9,11H2,1H3,(H,16,17). The van der Waals surface area contributed by atoms with Gasteiger partial charge in [-0.3, -0.25) is 9.79 Å². The van der Waals surface area contributed by atoms with Crippen LogP contribution in [0.5, 0.6) is 0 Å². The third-order valence-corrected chi connectivity index (χ3v) is 2.95. The van der Waals surface area contributed by atoms with E-state index in [0.717, 1.165) is 29.8 Å². The molecule has 0 aromatic heterocycles. The molecule has 0 aliphatic carbocycles. The first-order chi connectivity index (χ1) is 8.81. The SMILES string of the molecule is CCCCC(=O)C1=CNC(c2ccccc2)=NC1. The highest BCUT2D eigenvalue weighted by Crippen LogP contribution is 2.10. The number of rotatable bonds is 5. The van der Waals surface area contributed by atoms with Crippen LogP contribution in [-0.4, -0.2) is 18.2 Å². The summed E-state index contributed by atoms with van der Waals surface area (Å²) in [6.45, 7) is 2.58. The minimum atomic E-state index is 0.209. The van der Waals surface area contributed by atoms with E-state index in [0.29, 0.717) is 13.0 Å². The number of Topliss-reactive ketones (excluding diaryl/α,β-unsaturated/α-hetero) is 1. The van der Waals surface area contributed by atoms with Crippen LogP contribution in [0.2, 0.25) is 0 Å². The lowest BCUT2D eigenvalue weighted by atomic mass is 10.1. The molecule has 0 radical (unpaired) electrons. The molecule has 0 saturated heterocycles. The van der Waals surface area contributed by atoms with E-state index >= 15 is 0 Å². The van der Waals surface area contributed by atoms with Crippen molar-refractivity contribution in [2.24, 2.45) is 4.99 Å². The molecule has 1 aliphatic rings. The zero-order chi connectivity index (χ0) is 12.8. The van der Waals surface area contributed by atoms with E-state index in [9.17, 15) is 4.79 Å². The lowest BCUT2D eigenvalue weighted by Crippen LogP contribution is -2.26. The highest BCUT2D eigenvalue weighted by molar-refractivity contribution is 6.03. The fourth-order valence-corrected chi connectivity index (χ4v) is 1.85. The molecule has 0 amide bonds. The highest BCUT2D eigenvalue weighted by atomic mass is 16.1. The molecule has 94 valence electrons. The zero-order valence-electron chi connectivity index (χ0n) is 10.6. The summed E-state index contributed by atoms with van der Waals surface area (Å²) in [7, 11) is 0. The Morgan fingerprint density at radius 2 is 2.11 bits per heavy atom. The number of nitrogens with one attached hydrogen (secondary N) is 1. The van der Waals surface area contributed by atoms with E-state index in [1.807, 2.05) is 30.3 Å². The van der Waals surface area contributed by atoms with Gasteiger partial charge in [0.15, 0.2) is 5.78 Å². The molecule has 1 N–H and O–H groups in total. The number of hydrogen-bond acceptors (Lipinski definition) is 3. The second-order valence-corrected chi connectivity index (χ2v) is 4.37. The lowest BCUT2D eigenvalue weighted by Gasteiger charge is -2.14. The van der Waals surface area contributed by atoms with Crippen LogP contribution in [0.3, 0.4) is 0 Å². The molecule has 0 atom stereocenters. The Bertz CT molecular complexity index is 475. The van der Waals surface area contributed by atoms with Crippen LogP contribution in [-0.2, 0) is 4.79 Å². The largest absolute Gasteiger partial charge is 0.346 e. The van der Waals surface area contributed by atoms with E-state index in [2.05, 4.69) is 17.2 Å². The predicted octanol–water partition coefficient (Wildman–Crippen LogP) is 2.68. The number of amidine groups is 1. The highest BCUT2D eigenvalue weighted by Gasteiger charge is 2.13. The number of ketones is 1. The minimum absolute atomic E-state index is 0.209. The van der Waals surface area contributed by atoms with Crippen LogP contribution in [0.1, 0.15) is 31.7 Å². The van der Waals surface area contributed by atoms with Gasteiger partial charge in [-0.1, -0.05) is 43.7 Å². The first-order valence-corrected chi connectivity index (χ1v) is 6.40. The maximum Gasteiger partial charge on any atom is 0.162 e. The maximum atomic E-state index is 11.8. The molecule has 1 aliphatic heterocycles. The summed E-state index contributed by atoms with van der Waals surface area (Å²) in [5.74, 6) is 1.04. The third-order valence-electron chi connectivity index (χ3n) is 2.95. The van der Waals surface area contributed by atoms with Crippen LogP contribution in [0.15, 0.2) is 47.1 Å². The molecule has 3 heteroatoms. The molecule has 0 saturated carbocycles.